The molecule has 0 fully saturated rings. The van der Waals surface area contributed by atoms with Crippen LogP contribution in [0.1, 0.15) is 21.6 Å². The molecule has 0 bridgehead atoms. The minimum Gasteiger partial charge on any atom is -0.867 e. The summed E-state index contributed by atoms with van der Waals surface area (Å²) in [5, 5.41) is 25.9. The first kappa shape index (κ1) is 20.5. The first-order valence-electron chi connectivity index (χ1n) is 8.56. The van der Waals surface area contributed by atoms with Crippen molar-refractivity contribution in [3.05, 3.63) is 80.8 Å². The SMILES string of the molecule is Cc1ccc(C)c(NC(=S)/C(=C(\[O-])c2ccc(Cl)s2)[n+]2cccc(CO)c2)c1. The van der Waals surface area contributed by atoms with E-state index in [1.165, 1.54) is 11.3 Å². The highest BCUT2D eigenvalue weighted by Crippen LogP contribution is 2.28. The van der Waals surface area contributed by atoms with Gasteiger partial charge in [0.15, 0.2) is 17.4 Å². The van der Waals surface area contributed by atoms with Gasteiger partial charge in [0.1, 0.15) is 0 Å². The second-order valence-electron chi connectivity index (χ2n) is 6.33. The number of aryl methyl sites for hydroxylation is 2. The number of nitrogens with zero attached hydrogens (tertiary/aromatic N) is 1. The summed E-state index contributed by atoms with van der Waals surface area (Å²) in [5.74, 6) is -0.236. The fourth-order valence-corrected chi connectivity index (χ4v) is 3.99. The summed E-state index contributed by atoms with van der Waals surface area (Å²) in [5.41, 5.74) is 3.92. The summed E-state index contributed by atoms with van der Waals surface area (Å²) >= 11 is 12.8. The lowest BCUT2D eigenvalue weighted by Gasteiger charge is -2.17. The summed E-state index contributed by atoms with van der Waals surface area (Å²) in [6, 6.07) is 12.9. The van der Waals surface area contributed by atoms with Crippen LogP contribution >= 0.6 is 35.2 Å². The third-order valence-corrected chi connectivity index (χ3v) is 5.70. The Morgan fingerprint density at radius 3 is 2.71 bits per heavy atom. The topological polar surface area (TPSA) is 59.2 Å². The van der Waals surface area contributed by atoms with E-state index < -0.39 is 0 Å². The summed E-state index contributed by atoms with van der Waals surface area (Å²) in [6.07, 6.45) is 3.43. The van der Waals surface area contributed by atoms with Gasteiger partial charge in [0.2, 0.25) is 5.70 Å². The monoisotopic (exact) mass is 430 g/mol. The van der Waals surface area contributed by atoms with Gasteiger partial charge in [0.25, 0.3) is 0 Å². The number of pyridine rings is 1. The van der Waals surface area contributed by atoms with Crippen molar-refractivity contribution in [1.29, 1.82) is 0 Å². The van der Waals surface area contributed by atoms with E-state index in [1.54, 1.807) is 41.2 Å². The van der Waals surface area contributed by atoms with Crippen LogP contribution in [0.25, 0.3) is 11.5 Å². The smallest absolute Gasteiger partial charge is 0.239 e. The summed E-state index contributed by atoms with van der Waals surface area (Å²) in [4.78, 5) is 0.787. The summed E-state index contributed by atoms with van der Waals surface area (Å²) < 4.78 is 2.17. The zero-order valence-electron chi connectivity index (χ0n) is 15.4. The highest BCUT2D eigenvalue weighted by Gasteiger charge is 2.20. The number of halogens is 1. The molecular formula is C21H19ClN2O2S2. The Balaban J connectivity index is 2.10. The molecule has 2 N–H and O–H groups in total. The van der Waals surface area contributed by atoms with E-state index in [-0.39, 0.29) is 12.4 Å². The lowest BCUT2D eigenvalue weighted by molar-refractivity contribution is -0.578. The average Bonchev–Trinajstić information content (AvgIpc) is 3.11. The molecule has 0 radical (unpaired) electrons. The molecule has 0 spiro atoms. The van der Waals surface area contributed by atoms with Gasteiger partial charge >= 0.3 is 0 Å². The van der Waals surface area contributed by atoms with Crippen molar-refractivity contribution in [2.45, 2.75) is 20.5 Å². The number of hydrogen-bond acceptors (Lipinski definition) is 4. The third-order valence-electron chi connectivity index (χ3n) is 4.17. The Morgan fingerprint density at radius 2 is 2.04 bits per heavy atom. The van der Waals surface area contributed by atoms with Crippen LogP contribution in [0.5, 0.6) is 0 Å². The number of thiophene rings is 1. The molecule has 144 valence electrons. The minimum atomic E-state index is -0.236. The lowest BCUT2D eigenvalue weighted by atomic mass is 10.1. The number of benzene rings is 1. The molecule has 1 aromatic carbocycles. The number of rotatable bonds is 5. The number of aliphatic hydroxyl groups is 1. The Labute approximate surface area is 178 Å². The van der Waals surface area contributed by atoms with Crippen molar-refractivity contribution < 1.29 is 14.8 Å². The van der Waals surface area contributed by atoms with Crippen LogP contribution in [-0.2, 0) is 6.61 Å². The fourth-order valence-electron chi connectivity index (χ4n) is 2.70. The normalized spacial score (nSPS) is 11.9. The molecule has 28 heavy (non-hydrogen) atoms. The van der Waals surface area contributed by atoms with Crippen molar-refractivity contribution in [3.63, 3.8) is 0 Å². The first-order valence-corrected chi connectivity index (χ1v) is 10.2. The minimum absolute atomic E-state index is 0.135. The van der Waals surface area contributed by atoms with Crippen LogP contribution in [0.15, 0.2) is 54.9 Å². The number of anilines is 1. The van der Waals surface area contributed by atoms with Crippen LogP contribution in [-0.4, -0.2) is 10.1 Å². The van der Waals surface area contributed by atoms with Crippen molar-refractivity contribution >= 4 is 57.3 Å². The number of nitrogens with one attached hydrogen (secondary N) is 1. The quantitative estimate of drug-likeness (QED) is 0.279. The molecule has 0 saturated carbocycles. The van der Waals surface area contributed by atoms with Crippen LogP contribution in [0.2, 0.25) is 4.34 Å². The molecule has 0 aliphatic rings. The van der Waals surface area contributed by atoms with Crippen LogP contribution in [0.3, 0.4) is 0 Å². The zero-order chi connectivity index (χ0) is 20.3. The van der Waals surface area contributed by atoms with Gasteiger partial charge in [-0.3, -0.25) is 0 Å². The predicted octanol–water partition coefficient (Wildman–Crippen LogP) is 3.92. The van der Waals surface area contributed by atoms with E-state index in [1.807, 2.05) is 32.0 Å². The highest BCUT2D eigenvalue weighted by molar-refractivity contribution is 7.81. The van der Waals surface area contributed by atoms with Gasteiger partial charge in [-0.2, -0.15) is 4.57 Å². The Hall–Kier alpha value is -2.25. The highest BCUT2D eigenvalue weighted by atomic mass is 35.5. The number of hydrogen-bond donors (Lipinski definition) is 2. The van der Waals surface area contributed by atoms with Gasteiger partial charge in [-0.1, -0.05) is 36.0 Å². The van der Waals surface area contributed by atoms with E-state index in [0.717, 1.165) is 16.8 Å². The molecule has 0 aliphatic heterocycles. The molecule has 4 nitrogen and oxygen atoms in total. The molecule has 7 heteroatoms. The maximum atomic E-state index is 13.2. The van der Waals surface area contributed by atoms with Crippen LogP contribution < -0.4 is 15.0 Å². The Kier molecular flexibility index (Phi) is 6.46. The Bertz CT molecular complexity index is 1060. The zero-order valence-corrected chi connectivity index (χ0v) is 17.8. The summed E-state index contributed by atoms with van der Waals surface area (Å²) in [6.45, 7) is 3.84. The molecule has 0 amide bonds. The first-order chi connectivity index (χ1) is 13.4. The number of aromatic nitrogens is 1. The van der Waals surface area contributed by atoms with Gasteiger partial charge in [0, 0.05) is 22.2 Å². The van der Waals surface area contributed by atoms with Crippen molar-refractivity contribution in [3.8, 4) is 0 Å². The molecule has 0 saturated heterocycles. The Morgan fingerprint density at radius 1 is 1.25 bits per heavy atom. The van der Waals surface area contributed by atoms with E-state index in [2.05, 4.69) is 5.32 Å². The largest absolute Gasteiger partial charge is 0.867 e. The predicted molar refractivity (Wildman–Crippen MR) is 117 cm³/mol. The van der Waals surface area contributed by atoms with Gasteiger partial charge < -0.3 is 15.5 Å². The number of thiocarbonyl (C=S) groups is 1. The van der Waals surface area contributed by atoms with Crippen molar-refractivity contribution in [2.75, 3.05) is 5.32 Å². The third kappa shape index (κ3) is 4.59. The van der Waals surface area contributed by atoms with Gasteiger partial charge in [-0.25, -0.2) is 0 Å². The molecule has 2 aromatic heterocycles. The number of aliphatic hydroxyl groups excluding tert-OH is 1. The molecule has 3 aromatic rings. The van der Waals surface area contributed by atoms with Crippen LogP contribution in [0.4, 0.5) is 5.69 Å². The molecule has 0 atom stereocenters. The summed E-state index contributed by atoms with van der Waals surface area (Å²) in [7, 11) is 0. The molecule has 0 unspecified atom stereocenters. The maximum absolute atomic E-state index is 13.2. The average molecular weight is 431 g/mol. The van der Waals surface area contributed by atoms with Crippen molar-refractivity contribution in [1.82, 2.24) is 0 Å². The van der Waals surface area contributed by atoms with E-state index in [0.29, 0.717) is 25.5 Å². The molecule has 2 heterocycles. The fraction of sp³-hybridized carbons (Fsp3) is 0.143. The van der Waals surface area contributed by atoms with Gasteiger partial charge in [0.05, 0.1) is 10.9 Å². The van der Waals surface area contributed by atoms with Gasteiger partial charge in [-0.05, 0) is 55.0 Å². The second kappa shape index (κ2) is 8.84. The second-order valence-corrected chi connectivity index (χ2v) is 8.45. The van der Waals surface area contributed by atoms with E-state index in [4.69, 9.17) is 23.8 Å². The maximum Gasteiger partial charge on any atom is 0.239 e. The van der Waals surface area contributed by atoms with Crippen molar-refractivity contribution in [2.24, 2.45) is 0 Å². The molecule has 0 aliphatic carbocycles. The van der Waals surface area contributed by atoms with E-state index in [9.17, 15) is 10.2 Å². The lowest BCUT2D eigenvalue weighted by Crippen LogP contribution is -2.40. The molecular weight excluding hydrogens is 412 g/mol. The van der Waals surface area contributed by atoms with Gasteiger partial charge in [-0.15, -0.1) is 11.3 Å². The van der Waals surface area contributed by atoms with E-state index >= 15 is 0 Å². The standard InChI is InChI=1S/C21H19ClN2O2S2/c1-13-5-6-14(2)16(10-13)23-21(27)19(20(26)17-7-8-18(22)28-17)24-9-3-4-15(11-24)12-25/h3-11,25H,12H2,1-2H3,(H-,23,26,27). The van der Waals surface area contributed by atoms with Crippen LogP contribution in [0, 0.1) is 13.8 Å². The molecule has 3 rings (SSSR count).